The van der Waals surface area contributed by atoms with E-state index < -0.39 is 0 Å². The van der Waals surface area contributed by atoms with Crippen molar-refractivity contribution in [2.24, 2.45) is 16.8 Å². The van der Waals surface area contributed by atoms with Gasteiger partial charge in [-0.25, -0.2) is 10.8 Å². The minimum absolute atomic E-state index is 0.370. The molecule has 0 unspecified atom stereocenters. The van der Waals surface area contributed by atoms with Crippen LogP contribution in [0.5, 0.6) is 0 Å². The van der Waals surface area contributed by atoms with E-state index in [1.54, 1.807) is 18.2 Å². The van der Waals surface area contributed by atoms with E-state index in [1.165, 1.54) is 19.3 Å². The second-order valence-corrected chi connectivity index (χ2v) is 8.72. The number of nitrogens with one attached hydrogen (secondary N) is 1. The summed E-state index contributed by atoms with van der Waals surface area (Å²) < 4.78 is 5.36. The minimum Gasteiger partial charge on any atom is -0.497 e. The SMILES string of the molecule is C=C/C(=C\C(=C/C)c1ccc(C2=C(C3CCCCC3)N(N)/C(=C(\C)c3nn[nH]n3)N=C2)cc1)OC. The Hall–Kier alpha value is -3.78. The van der Waals surface area contributed by atoms with Crippen LogP contribution in [-0.2, 0) is 4.74 Å². The lowest BCUT2D eigenvalue weighted by Crippen LogP contribution is -2.37. The van der Waals surface area contributed by atoms with Crippen LogP contribution in [0, 0.1) is 5.92 Å². The molecule has 1 aliphatic heterocycles. The molecule has 2 aromatic rings. The topological polar surface area (TPSA) is 105 Å². The van der Waals surface area contributed by atoms with E-state index in [0.717, 1.165) is 52.1 Å². The molecule has 0 bridgehead atoms. The number of hydrazine groups is 1. The number of nitrogens with two attached hydrogens (primary N) is 1. The number of aromatic nitrogens is 4. The summed E-state index contributed by atoms with van der Waals surface area (Å²) in [5.41, 5.74) is 6.18. The maximum atomic E-state index is 6.75. The third-order valence-electron chi connectivity index (χ3n) is 6.66. The molecule has 0 atom stereocenters. The van der Waals surface area contributed by atoms with Crippen molar-refractivity contribution in [3.8, 4) is 0 Å². The Labute approximate surface area is 206 Å². The molecule has 1 aliphatic carbocycles. The normalized spacial score (nSPS) is 19.3. The molecule has 3 N–H and O–H groups in total. The maximum Gasteiger partial charge on any atom is 0.204 e. The highest BCUT2D eigenvalue weighted by Gasteiger charge is 2.30. The monoisotopic (exact) mass is 471 g/mol. The van der Waals surface area contributed by atoms with Crippen molar-refractivity contribution >= 4 is 22.9 Å². The molecule has 2 aliphatic rings. The van der Waals surface area contributed by atoms with E-state index >= 15 is 0 Å². The average molecular weight is 472 g/mol. The van der Waals surface area contributed by atoms with Crippen LogP contribution < -0.4 is 5.84 Å². The van der Waals surface area contributed by atoms with E-state index in [0.29, 0.717) is 17.6 Å². The Morgan fingerprint density at radius 2 is 1.94 bits per heavy atom. The molecular formula is C27H33N7O. The van der Waals surface area contributed by atoms with E-state index in [2.05, 4.69) is 57.5 Å². The highest BCUT2D eigenvalue weighted by atomic mass is 16.5. The van der Waals surface area contributed by atoms with Crippen molar-refractivity contribution in [3.63, 3.8) is 0 Å². The number of benzene rings is 1. The first kappa shape index (κ1) is 24.3. The Balaban J connectivity index is 1.74. The third kappa shape index (κ3) is 5.17. The van der Waals surface area contributed by atoms with Crippen LogP contribution in [0.2, 0.25) is 0 Å². The average Bonchev–Trinajstić information content (AvgIpc) is 3.45. The molecule has 1 fully saturated rings. The number of ether oxygens (including phenoxy) is 1. The summed E-state index contributed by atoms with van der Waals surface area (Å²) in [5, 5.41) is 16.1. The molecular weight excluding hydrogens is 438 g/mol. The van der Waals surface area contributed by atoms with Gasteiger partial charge in [0.05, 0.1) is 7.11 Å². The van der Waals surface area contributed by atoms with Crippen LogP contribution in [0.25, 0.3) is 16.7 Å². The molecule has 2 heterocycles. The number of aliphatic imine (C=N–C) groups is 1. The van der Waals surface area contributed by atoms with Crippen LogP contribution >= 0.6 is 0 Å². The van der Waals surface area contributed by atoms with Crippen molar-refractivity contribution in [1.29, 1.82) is 0 Å². The molecule has 1 aromatic carbocycles. The number of H-pyrrole nitrogens is 1. The number of hydrogen-bond acceptors (Lipinski definition) is 7. The van der Waals surface area contributed by atoms with Crippen molar-refractivity contribution in [1.82, 2.24) is 25.6 Å². The second-order valence-electron chi connectivity index (χ2n) is 8.72. The van der Waals surface area contributed by atoms with Crippen molar-refractivity contribution in [2.75, 3.05) is 7.11 Å². The Morgan fingerprint density at radius 1 is 1.20 bits per heavy atom. The Morgan fingerprint density at radius 3 is 2.54 bits per heavy atom. The van der Waals surface area contributed by atoms with Gasteiger partial charge < -0.3 is 4.74 Å². The molecule has 4 rings (SSSR count). The lowest BCUT2D eigenvalue weighted by molar-refractivity contribution is 0.307. The van der Waals surface area contributed by atoms with Gasteiger partial charge in [-0.1, -0.05) is 56.2 Å². The number of tetrazole rings is 1. The van der Waals surface area contributed by atoms with Gasteiger partial charge in [0.1, 0.15) is 5.76 Å². The summed E-state index contributed by atoms with van der Waals surface area (Å²) in [6.07, 6.45) is 13.6. The van der Waals surface area contributed by atoms with Gasteiger partial charge >= 0.3 is 0 Å². The van der Waals surface area contributed by atoms with E-state index in [-0.39, 0.29) is 0 Å². The highest BCUT2D eigenvalue weighted by molar-refractivity contribution is 6.12. The van der Waals surface area contributed by atoms with Gasteiger partial charge in [0.2, 0.25) is 5.82 Å². The fourth-order valence-corrected chi connectivity index (χ4v) is 4.74. The maximum absolute atomic E-state index is 6.75. The summed E-state index contributed by atoms with van der Waals surface area (Å²) in [7, 11) is 1.65. The number of hydrogen-bond donors (Lipinski definition) is 2. The van der Waals surface area contributed by atoms with Crippen LogP contribution in [0.1, 0.15) is 62.9 Å². The highest BCUT2D eigenvalue weighted by Crippen LogP contribution is 2.39. The summed E-state index contributed by atoms with van der Waals surface area (Å²) in [6, 6.07) is 8.50. The predicted molar refractivity (Wildman–Crippen MR) is 140 cm³/mol. The fourth-order valence-electron chi connectivity index (χ4n) is 4.74. The summed E-state index contributed by atoms with van der Waals surface area (Å²) in [5.74, 6) is 8.98. The van der Waals surface area contributed by atoms with Gasteiger partial charge in [0.15, 0.2) is 5.82 Å². The largest absolute Gasteiger partial charge is 0.497 e. The molecule has 0 radical (unpaired) electrons. The number of nitrogens with zero attached hydrogens (tertiary/aromatic N) is 5. The van der Waals surface area contributed by atoms with Crippen molar-refractivity contribution < 1.29 is 4.74 Å². The number of methoxy groups -OCH3 is 1. The quantitative estimate of drug-likeness (QED) is 0.324. The van der Waals surface area contributed by atoms with E-state index in [9.17, 15) is 0 Å². The summed E-state index contributed by atoms with van der Waals surface area (Å²) in [4.78, 5) is 4.73. The first-order chi connectivity index (χ1) is 17.1. The standard InChI is InChI=1S/C27H33N7O/c1-5-19(16-23(6-2)35-4)20-12-14-21(15-13-20)24-17-29-27(18(3)26-30-32-33-31-26)34(28)25(24)22-10-8-7-9-11-22/h5-6,12-17,22H,2,7-11,28H2,1,3-4H3,(H,30,31,32,33)/b19-5+,23-16+,27-18+. The summed E-state index contributed by atoms with van der Waals surface area (Å²) in [6.45, 7) is 7.74. The van der Waals surface area contributed by atoms with Gasteiger partial charge in [0, 0.05) is 29.0 Å². The molecule has 0 amide bonds. The zero-order valence-electron chi connectivity index (χ0n) is 20.7. The van der Waals surface area contributed by atoms with Crippen LogP contribution in [0.15, 0.2) is 71.3 Å². The Bertz CT molecular complexity index is 1190. The lowest BCUT2D eigenvalue weighted by atomic mass is 9.83. The number of rotatable bonds is 7. The molecule has 35 heavy (non-hydrogen) atoms. The number of allylic oxidation sites excluding steroid dienone is 7. The Kier molecular flexibility index (Phi) is 7.72. The zero-order chi connectivity index (χ0) is 24.8. The predicted octanol–water partition coefficient (Wildman–Crippen LogP) is 5.26. The first-order valence-electron chi connectivity index (χ1n) is 12.0. The lowest BCUT2D eigenvalue weighted by Gasteiger charge is -2.35. The van der Waals surface area contributed by atoms with Crippen LogP contribution in [0.3, 0.4) is 0 Å². The summed E-state index contributed by atoms with van der Waals surface area (Å²) >= 11 is 0. The van der Waals surface area contributed by atoms with Gasteiger partial charge in [0.25, 0.3) is 0 Å². The minimum atomic E-state index is 0.370. The molecule has 1 saturated carbocycles. The molecule has 182 valence electrons. The van der Waals surface area contributed by atoms with Gasteiger partial charge in [-0.2, -0.15) is 5.21 Å². The molecule has 8 heteroatoms. The van der Waals surface area contributed by atoms with Gasteiger partial charge in [-0.05, 0) is 60.8 Å². The van der Waals surface area contributed by atoms with Crippen LogP contribution in [-0.4, -0.2) is 39.0 Å². The van der Waals surface area contributed by atoms with Crippen molar-refractivity contribution in [3.05, 3.63) is 83.3 Å². The van der Waals surface area contributed by atoms with Gasteiger partial charge in [-0.3, -0.25) is 5.01 Å². The molecule has 0 spiro atoms. The number of aromatic amines is 1. The zero-order valence-corrected chi connectivity index (χ0v) is 20.7. The van der Waals surface area contributed by atoms with Gasteiger partial charge in [-0.15, -0.1) is 10.2 Å². The van der Waals surface area contributed by atoms with E-state index in [1.807, 2.05) is 26.1 Å². The molecule has 0 saturated heterocycles. The third-order valence-corrected chi connectivity index (χ3v) is 6.66. The second kappa shape index (κ2) is 11.1. The smallest absolute Gasteiger partial charge is 0.204 e. The van der Waals surface area contributed by atoms with Crippen molar-refractivity contribution in [2.45, 2.75) is 46.0 Å². The first-order valence-corrected chi connectivity index (χ1v) is 12.0. The molecule has 8 nitrogen and oxygen atoms in total. The van der Waals surface area contributed by atoms with Crippen LogP contribution in [0.4, 0.5) is 0 Å². The van der Waals surface area contributed by atoms with E-state index in [4.69, 9.17) is 15.6 Å². The fraction of sp³-hybridized carbons (Fsp3) is 0.333. The molecule has 1 aromatic heterocycles.